The molecule has 1 aromatic carbocycles. The SMILES string of the molecule is CC(=O)NC1(c2noc(CCC(=O)Nc3ccccc3-c3noc(C)n3)n2)CCCCCC1. The standard InChI is InChI=1S/C23H28N6O4/c1-15(30)27-23(13-7-3-4-8-14-23)22-26-20(33-29-22)12-11-19(31)25-18-10-6-5-9-17(18)21-24-16(2)32-28-21/h5-6,9-10H,3-4,7-8,11-14H2,1-2H3,(H,25,31)(H,27,30). The van der Waals surface area contributed by atoms with E-state index in [9.17, 15) is 9.59 Å². The van der Waals surface area contributed by atoms with Crippen molar-refractivity contribution in [2.24, 2.45) is 0 Å². The van der Waals surface area contributed by atoms with Gasteiger partial charge in [0.1, 0.15) is 5.54 Å². The molecule has 10 heteroatoms. The lowest BCUT2D eigenvalue weighted by Crippen LogP contribution is -2.45. The molecule has 0 unspecified atom stereocenters. The van der Waals surface area contributed by atoms with Crippen LogP contribution in [0.3, 0.4) is 0 Å². The van der Waals surface area contributed by atoms with Gasteiger partial charge in [-0.15, -0.1) is 0 Å². The highest BCUT2D eigenvalue weighted by Gasteiger charge is 2.38. The van der Waals surface area contributed by atoms with Crippen molar-refractivity contribution in [3.05, 3.63) is 41.9 Å². The molecule has 0 aliphatic heterocycles. The topological polar surface area (TPSA) is 136 Å². The molecule has 2 aromatic heterocycles. The van der Waals surface area contributed by atoms with Gasteiger partial charge in [-0.05, 0) is 25.0 Å². The molecule has 0 radical (unpaired) electrons. The van der Waals surface area contributed by atoms with Crippen LogP contribution in [0.25, 0.3) is 11.4 Å². The number of carbonyl (C=O) groups is 2. The molecule has 1 aliphatic carbocycles. The summed E-state index contributed by atoms with van der Waals surface area (Å²) >= 11 is 0. The number of benzene rings is 1. The Morgan fingerprint density at radius 1 is 1.03 bits per heavy atom. The maximum Gasteiger partial charge on any atom is 0.227 e. The zero-order valence-electron chi connectivity index (χ0n) is 18.9. The third-order valence-corrected chi connectivity index (χ3v) is 5.80. The Labute approximate surface area is 191 Å². The third-order valence-electron chi connectivity index (χ3n) is 5.80. The summed E-state index contributed by atoms with van der Waals surface area (Å²) in [6.45, 7) is 3.22. The summed E-state index contributed by atoms with van der Waals surface area (Å²) in [6, 6.07) is 7.27. The van der Waals surface area contributed by atoms with Crippen molar-refractivity contribution in [3.8, 4) is 11.4 Å². The van der Waals surface area contributed by atoms with E-state index >= 15 is 0 Å². The molecular weight excluding hydrogens is 424 g/mol. The fourth-order valence-corrected chi connectivity index (χ4v) is 4.25. The first kappa shape index (κ1) is 22.6. The lowest BCUT2D eigenvalue weighted by Gasteiger charge is -2.30. The number of amides is 2. The van der Waals surface area contributed by atoms with Crippen LogP contribution in [0.1, 0.15) is 69.5 Å². The zero-order chi connectivity index (χ0) is 23.3. The number of para-hydroxylation sites is 1. The average Bonchev–Trinajstić information content (AvgIpc) is 3.38. The van der Waals surface area contributed by atoms with E-state index in [4.69, 9.17) is 9.05 Å². The van der Waals surface area contributed by atoms with Gasteiger partial charge in [0.25, 0.3) is 0 Å². The van der Waals surface area contributed by atoms with Gasteiger partial charge < -0.3 is 19.7 Å². The van der Waals surface area contributed by atoms with Gasteiger partial charge in [-0.2, -0.15) is 9.97 Å². The Balaban J connectivity index is 1.41. The number of nitrogens with zero attached hydrogens (tertiary/aromatic N) is 4. The summed E-state index contributed by atoms with van der Waals surface area (Å²) in [6.07, 6.45) is 6.23. The van der Waals surface area contributed by atoms with Gasteiger partial charge in [-0.25, -0.2) is 0 Å². The highest BCUT2D eigenvalue weighted by Crippen LogP contribution is 2.34. The van der Waals surface area contributed by atoms with Crippen molar-refractivity contribution >= 4 is 17.5 Å². The maximum absolute atomic E-state index is 12.6. The lowest BCUT2D eigenvalue weighted by molar-refractivity contribution is -0.121. The third kappa shape index (κ3) is 5.44. The number of hydrogen-bond acceptors (Lipinski definition) is 8. The summed E-state index contributed by atoms with van der Waals surface area (Å²) < 4.78 is 10.5. The predicted octanol–water partition coefficient (Wildman–Crippen LogP) is 3.68. The minimum atomic E-state index is -0.603. The van der Waals surface area contributed by atoms with Crippen molar-refractivity contribution in [3.63, 3.8) is 0 Å². The van der Waals surface area contributed by atoms with E-state index < -0.39 is 5.54 Å². The van der Waals surface area contributed by atoms with Crippen LogP contribution in [0, 0.1) is 6.92 Å². The molecule has 2 N–H and O–H groups in total. The summed E-state index contributed by atoms with van der Waals surface area (Å²) in [7, 11) is 0. The average molecular weight is 453 g/mol. The first-order valence-electron chi connectivity index (χ1n) is 11.3. The van der Waals surface area contributed by atoms with Gasteiger partial charge in [-0.1, -0.05) is 48.1 Å². The van der Waals surface area contributed by atoms with E-state index in [2.05, 4.69) is 30.9 Å². The van der Waals surface area contributed by atoms with Crippen molar-refractivity contribution in [1.82, 2.24) is 25.6 Å². The molecular formula is C23H28N6O4. The predicted molar refractivity (Wildman–Crippen MR) is 119 cm³/mol. The lowest BCUT2D eigenvalue weighted by atomic mass is 9.89. The monoisotopic (exact) mass is 452 g/mol. The normalized spacial score (nSPS) is 15.6. The van der Waals surface area contributed by atoms with Crippen molar-refractivity contribution in [2.45, 2.75) is 70.8 Å². The van der Waals surface area contributed by atoms with Crippen molar-refractivity contribution in [1.29, 1.82) is 0 Å². The Morgan fingerprint density at radius 2 is 1.79 bits per heavy atom. The summed E-state index contributed by atoms with van der Waals surface area (Å²) in [5.74, 6) is 1.41. The molecule has 3 aromatic rings. The Hall–Kier alpha value is -3.56. The zero-order valence-corrected chi connectivity index (χ0v) is 18.9. The minimum Gasteiger partial charge on any atom is -0.343 e. The molecule has 0 saturated heterocycles. The summed E-state index contributed by atoms with van der Waals surface area (Å²) in [4.78, 5) is 33.3. The number of carbonyl (C=O) groups excluding carboxylic acids is 2. The molecule has 0 atom stereocenters. The largest absolute Gasteiger partial charge is 0.343 e. The molecule has 174 valence electrons. The first-order valence-corrected chi connectivity index (χ1v) is 11.3. The molecule has 1 saturated carbocycles. The van der Waals surface area contributed by atoms with Gasteiger partial charge >= 0.3 is 0 Å². The molecule has 2 heterocycles. The van der Waals surface area contributed by atoms with Gasteiger partial charge in [0.2, 0.25) is 29.4 Å². The van der Waals surface area contributed by atoms with Crippen LogP contribution in [-0.2, 0) is 21.5 Å². The Morgan fingerprint density at radius 3 is 2.48 bits per heavy atom. The number of nitrogens with one attached hydrogen (secondary N) is 2. The van der Waals surface area contributed by atoms with Gasteiger partial charge in [0, 0.05) is 32.3 Å². The van der Waals surface area contributed by atoms with E-state index in [0.717, 1.165) is 38.5 Å². The number of hydrogen-bond donors (Lipinski definition) is 2. The second kappa shape index (κ2) is 9.93. The molecule has 1 aliphatic rings. The maximum atomic E-state index is 12.6. The van der Waals surface area contributed by atoms with Crippen LogP contribution in [0.15, 0.2) is 33.3 Å². The Bertz CT molecular complexity index is 1110. The summed E-state index contributed by atoms with van der Waals surface area (Å²) in [5, 5.41) is 14.0. The Kier molecular flexibility index (Phi) is 6.81. The summed E-state index contributed by atoms with van der Waals surface area (Å²) in [5.41, 5.74) is 0.666. The molecule has 0 bridgehead atoms. The van der Waals surface area contributed by atoms with E-state index in [-0.39, 0.29) is 18.2 Å². The highest BCUT2D eigenvalue weighted by molar-refractivity contribution is 5.94. The highest BCUT2D eigenvalue weighted by atomic mass is 16.5. The van der Waals surface area contributed by atoms with Crippen LogP contribution in [0.4, 0.5) is 5.69 Å². The fourth-order valence-electron chi connectivity index (χ4n) is 4.25. The van der Waals surface area contributed by atoms with Crippen LogP contribution in [-0.4, -0.2) is 32.1 Å². The molecule has 4 rings (SSSR count). The van der Waals surface area contributed by atoms with Crippen LogP contribution in [0.2, 0.25) is 0 Å². The van der Waals surface area contributed by atoms with E-state index in [0.29, 0.717) is 41.1 Å². The van der Waals surface area contributed by atoms with E-state index in [1.165, 1.54) is 6.92 Å². The number of rotatable bonds is 7. The smallest absolute Gasteiger partial charge is 0.227 e. The molecule has 10 nitrogen and oxygen atoms in total. The van der Waals surface area contributed by atoms with E-state index in [1.807, 2.05) is 18.2 Å². The quantitative estimate of drug-likeness (QED) is 0.518. The van der Waals surface area contributed by atoms with Crippen LogP contribution in [0.5, 0.6) is 0 Å². The number of aryl methyl sites for hydroxylation is 2. The van der Waals surface area contributed by atoms with Gasteiger partial charge in [0.15, 0.2) is 5.82 Å². The first-order chi connectivity index (χ1) is 15.9. The number of aromatic nitrogens is 4. The second-order valence-corrected chi connectivity index (χ2v) is 8.42. The van der Waals surface area contributed by atoms with Gasteiger partial charge in [-0.3, -0.25) is 9.59 Å². The molecule has 2 amide bonds. The molecule has 1 fully saturated rings. The minimum absolute atomic E-state index is 0.113. The molecule has 33 heavy (non-hydrogen) atoms. The second-order valence-electron chi connectivity index (χ2n) is 8.42. The number of anilines is 1. The van der Waals surface area contributed by atoms with Crippen molar-refractivity contribution in [2.75, 3.05) is 5.32 Å². The van der Waals surface area contributed by atoms with Crippen molar-refractivity contribution < 1.29 is 18.6 Å². The van der Waals surface area contributed by atoms with E-state index in [1.54, 1.807) is 13.0 Å². The molecule has 0 spiro atoms. The van der Waals surface area contributed by atoms with Crippen LogP contribution >= 0.6 is 0 Å². The fraction of sp³-hybridized carbons (Fsp3) is 0.478. The van der Waals surface area contributed by atoms with Crippen LogP contribution < -0.4 is 10.6 Å². The van der Waals surface area contributed by atoms with Gasteiger partial charge in [0.05, 0.1) is 5.69 Å².